The van der Waals surface area contributed by atoms with Gasteiger partial charge in [-0.05, 0) is 55.8 Å². The fraction of sp³-hybridized carbons (Fsp3) is 0.381. The number of anilines is 1. The van der Waals surface area contributed by atoms with Crippen LogP contribution < -0.4 is 24.4 Å². The number of rotatable bonds is 8. The third-order valence-corrected chi connectivity index (χ3v) is 6.90. The number of ether oxygens (including phenoxy) is 2. The molecule has 1 heterocycles. The Labute approximate surface area is 187 Å². The van der Waals surface area contributed by atoms with Crippen molar-refractivity contribution in [2.24, 2.45) is 0 Å². The molecule has 2 N–H and O–H groups in total. The molecule has 0 radical (unpaired) electrons. The molecule has 2 aromatic rings. The Morgan fingerprint density at radius 2 is 1.87 bits per heavy atom. The molecule has 8 nitrogen and oxygen atoms in total. The van der Waals surface area contributed by atoms with Crippen molar-refractivity contribution in [3.63, 3.8) is 0 Å². The highest BCUT2D eigenvalue weighted by Crippen LogP contribution is 2.33. The van der Waals surface area contributed by atoms with Crippen LogP contribution in [0.4, 0.5) is 5.69 Å². The third kappa shape index (κ3) is 5.61. The minimum absolute atomic E-state index is 0.0630. The van der Waals surface area contributed by atoms with Crippen molar-refractivity contribution in [3.8, 4) is 11.5 Å². The molecule has 0 aromatic heterocycles. The second-order valence-corrected chi connectivity index (χ2v) is 9.43. The van der Waals surface area contributed by atoms with E-state index < -0.39 is 16.1 Å². The van der Waals surface area contributed by atoms with Gasteiger partial charge in [0.25, 0.3) is 0 Å². The average Bonchev–Trinajstić information content (AvgIpc) is 3.21. The Balaban J connectivity index is 1.59. The lowest BCUT2D eigenvalue weighted by Crippen LogP contribution is -2.48. The summed E-state index contributed by atoms with van der Waals surface area (Å²) in [6.45, 7) is 2.80. The molecule has 2 atom stereocenters. The summed E-state index contributed by atoms with van der Waals surface area (Å²) in [5.74, 6) is 0.867. The van der Waals surface area contributed by atoms with E-state index in [1.54, 1.807) is 31.4 Å². The lowest BCUT2D eigenvalue weighted by Gasteiger charge is -2.22. The summed E-state index contributed by atoms with van der Waals surface area (Å²) < 4.78 is 38.0. The minimum atomic E-state index is -3.84. The van der Waals surface area contributed by atoms with E-state index >= 15 is 0 Å². The predicted molar refractivity (Wildman–Crippen MR) is 120 cm³/mol. The summed E-state index contributed by atoms with van der Waals surface area (Å²) >= 11 is 6.12. The van der Waals surface area contributed by atoms with Crippen molar-refractivity contribution in [2.75, 3.05) is 32.2 Å². The predicted octanol–water partition coefficient (Wildman–Crippen LogP) is 2.42. The van der Waals surface area contributed by atoms with E-state index in [1.165, 1.54) is 26.2 Å². The van der Waals surface area contributed by atoms with E-state index in [1.807, 2.05) is 6.07 Å². The van der Waals surface area contributed by atoms with E-state index in [0.29, 0.717) is 29.6 Å². The Bertz CT molecular complexity index is 1030. The average molecular weight is 468 g/mol. The maximum Gasteiger partial charge on any atom is 0.241 e. The van der Waals surface area contributed by atoms with Gasteiger partial charge in [-0.3, -0.25) is 4.79 Å². The number of carbonyl (C=O) groups excluding carboxylic acids is 1. The normalized spacial score (nSPS) is 17.3. The van der Waals surface area contributed by atoms with Crippen molar-refractivity contribution in [1.29, 1.82) is 0 Å². The number of hydrogen-bond acceptors (Lipinski definition) is 6. The van der Waals surface area contributed by atoms with Gasteiger partial charge in [0.1, 0.15) is 11.5 Å². The number of nitrogens with zero attached hydrogens (tertiary/aromatic N) is 1. The molecule has 2 aromatic carbocycles. The van der Waals surface area contributed by atoms with Gasteiger partial charge >= 0.3 is 0 Å². The van der Waals surface area contributed by atoms with Crippen molar-refractivity contribution in [2.45, 2.75) is 30.3 Å². The molecule has 0 spiro atoms. The fourth-order valence-electron chi connectivity index (χ4n) is 3.44. The number of hydrogen-bond donors (Lipinski definition) is 2. The van der Waals surface area contributed by atoms with Crippen LogP contribution >= 0.6 is 11.6 Å². The van der Waals surface area contributed by atoms with Crippen LogP contribution in [0.3, 0.4) is 0 Å². The van der Waals surface area contributed by atoms with E-state index in [4.69, 9.17) is 21.1 Å². The molecule has 1 aliphatic rings. The molecule has 0 aliphatic carbocycles. The quantitative estimate of drug-likeness (QED) is 0.619. The minimum Gasteiger partial charge on any atom is -0.497 e. The molecule has 10 heteroatoms. The van der Waals surface area contributed by atoms with Gasteiger partial charge in [0.15, 0.2) is 0 Å². The van der Waals surface area contributed by atoms with Crippen molar-refractivity contribution < 1.29 is 22.7 Å². The number of carbonyl (C=O) groups is 1. The van der Waals surface area contributed by atoms with Crippen LogP contribution in [0.5, 0.6) is 11.5 Å². The van der Waals surface area contributed by atoms with Gasteiger partial charge in [-0.25, -0.2) is 8.42 Å². The van der Waals surface area contributed by atoms with E-state index in [2.05, 4.69) is 14.9 Å². The molecule has 31 heavy (non-hydrogen) atoms. The maximum atomic E-state index is 12.6. The smallest absolute Gasteiger partial charge is 0.241 e. The van der Waals surface area contributed by atoms with Crippen LogP contribution in [-0.4, -0.2) is 53.7 Å². The Kier molecular flexibility index (Phi) is 7.30. The molecule has 1 unspecified atom stereocenters. The van der Waals surface area contributed by atoms with Crippen molar-refractivity contribution >= 4 is 33.2 Å². The van der Waals surface area contributed by atoms with Gasteiger partial charge in [0.2, 0.25) is 15.9 Å². The van der Waals surface area contributed by atoms with Crippen LogP contribution in [-0.2, 0) is 14.8 Å². The van der Waals surface area contributed by atoms with Crippen LogP contribution in [0.2, 0.25) is 5.02 Å². The third-order valence-electron chi connectivity index (χ3n) is 5.11. The molecular weight excluding hydrogens is 442 g/mol. The van der Waals surface area contributed by atoms with Crippen molar-refractivity contribution in [1.82, 2.24) is 10.0 Å². The summed E-state index contributed by atoms with van der Waals surface area (Å²) in [7, 11) is -0.742. The monoisotopic (exact) mass is 467 g/mol. The molecule has 1 saturated heterocycles. The first-order valence-electron chi connectivity index (χ1n) is 9.78. The molecule has 1 amide bonds. The highest BCUT2D eigenvalue weighted by atomic mass is 35.5. The molecule has 0 bridgehead atoms. The number of nitrogens with one attached hydrogen (secondary N) is 2. The highest BCUT2D eigenvalue weighted by molar-refractivity contribution is 7.89. The second kappa shape index (κ2) is 9.76. The fourth-order valence-corrected chi connectivity index (χ4v) is 4.81. The lowest BCUT2D eigenvalue weighted by atomic mass is 10.2. The molecule has 0 saturated carbocycles. The number of amides is 1. The standard InChI is InChI=1S/C21H26ClN3O5S/c1-14(24-31(27,28)18-7-5-17(29-2)6-8-18)21(26)23-16-10-11-25(13-16)19-12-15(22)4-9-20(19)30-3/h4-9,12,14,16,24H,10-11,13H2,1-3H3,(H,23,26)/t14-,16?/m0/s1. The van der Waals surface area contributed by atoms with Crippen LogP contribution in [0.25, 0.3) is 0 Å². The summed E-state index contributed by atoms with van der Waals surface area (Å²) in [6.07, 6.45) is 0.722. The Hall–Kier alpha value is -2.49. The van der Waals surface area contributed by atoms with Gasteiger partial charge < -0.3 is 19.7 Å². The van der Waals surface area contributed by atoms with E-state index in [9.17, 15) is 13.2 Å². The number of halogens is 1. The molecular formula is C21H26ClN3O5S. The highest BCUT2D eigenvalue weighted by Gasteiger charge is 2.29. The summed E-state index contributed by atoms with van der Waals surface area (Å²) in [6, 6.07) is 10.3. The molecule has 1 aliphatic heterocycles. The summed E-state index contributed by atoms with van der Waals surface area (Å²) in [4.78, 5) is 14.8. The largest absolute Gasteiger partial charge is 0.497 e. The topological polar surface area (TPSA) is 97.0 Å². The van der Waals surface area contributed by atoms with E-state index in [0.717, 1.165) is 12.1 Å². The zero-order valence-corrected chi connectivity index (χ0v) is 19.2. The number of methoxy groups -OCH3 is 2. The first-order valence-corrected chi connectivity index (χ1v) is 11.6. The zero-order chi connectivity index (χ0) is 22.6. The second-order valence-electron chi connectivity index (χ2n) is 7.27. The maximum absolute atomic E-state index is 12.6. The van der Waals surface area contributed by atoms with Crippen LogP contribution in [0, 0.1) is 0 Å². The van der Waals surface area contributed by atoms with Gasteiger partial charge in [-0.15, -0.1) is 0 Å². The first kappa shape index (κ1) is 23.2. The molecule has 1 fully saturated rings. The van der Waals surface area contributed by atoms with Crippen LogP contribution in [0.15, 0.2) is 47.4 Å². The SMILES string of the molecule is COc1ccc(S(=O)(=O)N[C@@H](C)C(=O)NC2CCN(c3cc(Cl)ccc3OC)C2)cc1. The molecule has 3 rings (SSSR count). The Morgan fingerprint density at radius 3 is 2.52 bits per heavy atom. The van der Waals surface area contributed by atoms with Gasteiger partial charge in [0.05, 0.1) is 30.8 Å². The zero-order valence-electron chi connectivity index (χ0n) is 17.6. The number of sulfonamides is 1. The van der Waals surface area contributed by atoms with Gasteiger partial charge in [-0.1, -0.05) is 11.6 Å². The van der Waals surface area contributed by atoms with Crippen LogP contribution in [0.1, 0.15) is 13.3 Å². The molecule has 168 valence electrons. The van der Waals surface area contributed by atoms with Gasteiger partial charge in [0, 0.05) is 24.2 Å². The lowest BCUT2D eigenvalue weighted by molar-refractivity contribution is -0.122. The van der Waals surface area contributed by atoms with Crippen molar-refractivity contribution in [3.05, 3.63) is 47.5 Å². The van der Waals surface area contributed by atoms with Gasteiger partial charge in [-0.2, -0.15) is 4.72 Å². The van der Waals surface area contributed by atoms with E-state index in [-0.39, 0.29) is 16.8 Å². The first-order chi connectivity index (χ1) is 14.7. The summed E-state index contributed by atoms with van der Waals surface area (Å²) in [5.41, 5.74) is 0.861. The summed E-state index contributed by atoms with van der Waals surface area (Å²) in [5, 5.41) is 3.52. The Morgan fingerprint density at radius 1 is 1.16 bits per heavy atom. The number of benzene rings is 2.